The summed E-state index contributed by atoms with van der Waals surface area (Å²) in [6.45, 7) is 1.77. The summed E-state index contributed by atoms with van der Waals surface area (Å²) in [7, 11) is -4.20. The van der Waals surface area contributed by atoms with Crippen LogP contribution in [-0.4, -0.2) is 68.6 Å². The monoisotopic (exact) mass is 835 g/mol. The molecule has 0 radical (unpaired) electrons. The molecule has 5 N–H and O–H groups in total. The second kappa shape index (κ2) is 23.0. The molecule has 1 aliphatic heterocycles. The molecule has 2 aromatic carbocycles. The van der Waals surface area contributed by atoms with Gasteiger partial charge in [-0.15, -0.1) is 0 Å². The van der Waals surface area contributed by atoms with Crippen molar-refractivity contribution in [2.24, 2.45) is 0 Å². The zero-order valence-corrected chi connectivity index (χ0v) is 34.2. The first-order valence-electron chi connectivity index (χ1n) is 19.5. The molecule has 16 heteroatoms. The smallest absolute Gasteiger partial charge is 0.413 e. The van der Waals surface area contributed by atoms with Gasteiger partial charge in [-0.2, -0.15) is 9.97 Å². The van der Waals surface area contributed by atoms with Gasteiger partial charge in [0.05, 0.1) is 12.9 Å². The number of fused-ring (bicyclic) bond motifs is 2. The van der Waals surface area contributed by atoms with Crippen LogP contribution in [0.3, 0.4) is 0 Å². The minimum absolute atomic E-state index is 0.00212. The number of amides is 1. The summed E-state index contributed by atoms with van der Waals surface area (Å²) >= 11 is 5.97. The lowest BCUT2D eigenvalue weighted by atomic mass is 10.1. The van der Waals surface area contributed by atoms with Crippen LogP contribution in [-0.2, 0) is 18.6 Å². The lowest BCUT2D eigenvalue weighted by molar-refractivity contribution is -0.121. The number of aromatic nitrogens is 4. The lowest BCUT2D eigenvalue weighted by Crippen LogP contribution is -2.34. The molecule has 4 aromatic rings. The third kappa shape index (κ3) is 13.2. The van der Waals surface area contributed by atoms with Crippen LogP contribution in [0.25, 0.3) is 21.9 Å². The number of nitrogens with one attached hydrogen (secondary N) is 2. The Morgan fingerprint density at radius 3 is 2.38 bits per heavy atom. The summed E-state index contributed by atoms with van der Waals surface area (Å²) in [4.78, 5) is 24.6. The Hall–Kier alpha value is -4.69. The van der Waals surface area contributed by atoms with Crippen molar-refractivity contribution in [3.8, 4) is 5.75 Å². The van der Waals surface area contributed by atoms with Crippen molar-refractivity contribution < 1.29 is 32.6 Å². The number of aliphatic hydroxyl groups excluding tert-OH is 1. The highest BCUT2D eigenvalue weighted by Gasteiger charge is 2.47. The maximum Gasteiger partial charge on any atom is 0.458 e. The molecule has 0 spiro atoms. The molecule has 1 amide bonds. The van der Waals surface area contributed by atoms with Crippen LogP contribution in [0.4, 0.5) is 10.2 Å². The molecule has 5 rings (SSSR count). The van der Waals surface area contributed by atoms with E-state index < -0.39 is 39.0 Å². The lowest BCUT2D eigenvalue weighted by Gasteiger charge is -2.23. The van der Waals surface area contributed by atoms with Gasteiger partial charge in [-0.05, 0) is 68.0 Å². The number of unbranched alkanes of at least 4 members (excludes halogenated alkanes) is 1. The van der Waals surface area contributed by atoms with Crippen molar-refractivity contribution in [1.29, 1.82) is 0 Å². The van der Waals surface area contributed by atoms with Gasteiger partial charge in [0, 0.05) is 24.9 Å². The Bertz CT molecular complexity index is 2140. The number of alkyl halides is 1. The molecule has 0 aliphatic carbocycles. The van der Waals surface area contributed by atoms with Gasteiger partial charge in [-0.3, -0.25) is 13.9 Å². The van der Waals surface area contributed by atoms with Crippen molar-refractivity contribution >= 4 is 53.0 Å². The Kier molecular flexibility index (Phi) is 17.6. The highest BCUT2D eigenvalue weighted by atomic mass is 35.5. The molecule has 0 bridgehead atoms. The third-order valence-electron chi connectivity index (χ3n) is 9.05. The first-order chi connectivity index (χ1) is 28.2. The van der Waals surface area contributed by atoms with E-state index >= 15 is 4.39 Å². The van der Waals surface area contributed by atoms with E-state index in [1.54, 1.807) is 12.1 Å². The largest absolute Gasteiger partial charge is 0.458 e. The van der Waals surface area contributed by atoms with E-state index in [0.29, 0.717) is 18.2 Å². The molecule has 1 fully saturated rings. The number of halogens is 2. The van der Waals surface area contributed by atoms with Crippen LogP contribution in [0.15, 0.2) is 110 Å². The Morgan fingerprint density at radius 2 is 1.66 bits per heavy atom. The summed E-state index contributed by atoms with van der Waals surface area (Å²) in [5.74, 6) is 0.126. The predicted octanol–water partition coefficient (Wildman–Crippen LogP) is 8.64. The highest BCUT2D eigenvalue weighted by molar-refractivity contribution is 7.52. The van der Waals surface area contributed by atoms with Crippen LogP contribution in [0, 0.1) is 0 Å². The second-order valence-corrected chi connectivity index (χ2v) is 15.5. The number of nitrogens with zero attached hydrogens (tertiary/aromatic N) is 4. The van der Waals surface area contributed by atoms with E-state index in [1.165, 1.54) is 10.9 Å². The Labute approximate surface area is 343 Å². The average Bonchev–Trinajstić information content (AvgIpc) is 3.76. The third-order valence-corrected chi connectivity index (χ3v) is 10.8. The molecule has 310 valence electrons. The summed E-state index contributed by atoms with van der Waals surface area (Å²) in [6, 6.07) is 12.7. The normalized spacial score (nSPS) is 19.9. The van der Waals surface area contributed by atoms with Gasteiger partial charge in [0.1, 0.15) is 23.5 Å². The fourth-order valence-corrected chi connectivity index (χ4v) is 7.60. The van der Waals surface area contributed by atoms with Crippen LogP contribution >= 0.6 is 19.3 Å². The number of hydrogen-bond donors (Lipinski definition) is 4. The molecular formula is C42H52ClFN7O6P. The van der Waals surface area contributed by atoms with Gasteiger partial charge in [-0.25, -0.2) is 19.0 Å². The van der Waals surface area contributed by atoms with Gasteiger partial charge < -0.3 is 25.4 Å². The number of carbonyl (C=O) groups excluding carboxylic acids is 1. The summed E-state index contributed by atoms with van der Waals surface area (Å²) < 4.78 is 48.7. The molecule has 13 nitrogen and oxygen atoms in total. The number of benzene rings is 2. The number of hydrogen-bond acceptors (Lipinski definition) is 10. The fraction of sp³-hybridized carbons (Fsp3) is 0.381. The Morgan fingerprint density at radius 1 is 0.983 bits per heavy atom. The van der Waals surface area contributed by atoms with E-state index in [1.807, 2.05) is 30.3 Å². The predicted molar refractivity (Wildman–Crippen MR) is 227 cm³/mol. The van der Waals surface area contributed by atoms with Crippen molar-refractivity contribution in [1.82, 2.24) is 29.9 Å². The number of anilines is 1. The van der Waals surface area contributed by atoms with E-state index in [-0.39, 0.29) is 47.0 Å². The zero-order chi connectivity index (χ0) is 41.2. The van der Waals surface area contributed by atoms with Crippen molar-refractivity contribution in [3.63, 3.8) is 0 Å². The van der Waals surface area contributed by atoms with Gasteiger partial charge in [0.25, 0.3) is 0 Å². The van der Waals surface area contributed by atoms with Crippen LogP contribution in [0.2, 0.25) is 5.28 Å². The zero-order valence-electron chi connectivity index (χ0n) is 32.5. The van der Waals surface area contributed by atoms with Crippen molar-refractivity contribution in [3.05, 3.63) is 115 Å². The molecule has 5 atom stereocenters. The summed E-state index contributed by atoms with van der Waals surface area (Å²) in [5.41, 5.74) is 6.19. The topological polar surface area (TPSA) is 176 Å². The van der Waals surface area contributed by atoms with Crippen molar-refractivity contribution in [2.45, 2.75) is 82.9 Å². The maximum atomic E-state index is 15.5. The standard InChI is InChI=1S/C42H52ClFN7O6P/c1-2-3-4-5-6-7-8-9-10-11-12-13-14-15-16-17-18-26-35(52)46-27-28-48-58(54,57-33-25-21-23-31-22-19-20-24-32(31)33)55-29-34-38(53)36(44)41(56-34)51-30-47-37-39(45)49-42(43)50-40(37)51/h3-4,6-7,9-10,12-13,15-16,19-25,30,34,36,38,41,53H,2,5,8,11,14,17-18,26-29H2,1H3,(H,46,52)(H,48,54)(H2,45,49,50). The number of imidazole rings is 1. The molecular weight excluding hydrogens is 784 g/mol. The number of ether oxygens (including phenoxy) is 1. The number of rotatable bonds is 23. The minimum Gasteiger partial charge on any atom is -0.413 e. The molecule has 58 heavy (non-hydrogen) atoms. The van der Waals surface area contributed by atoms with Crippen LogP contribution in [0.1, 0.15) is 64.5 Å². The second-order valence-electron chi connectivity index (χ2n) is 13.4. The quantitative estimate of drug-likeness (QED) is 0.0244. The van der Waals surface area contributed by atoms with E-state index in [9.17, 15) is 14.5 Å². The van der Waals surface area contributed by atoms with Gasteiger partial charge >= 0.3 is 7.75 Å². The fourth-order valence-electron chi connectivity index (χ4n) is 6.08. The molecule has 1 aliphatic rings. The van der Waals surface area contributed by atoms with Gasteiger partial charge in [0.2, 0.25) is 11.2 Å². The van der Waals surface area contributed by atoms with Gasteiger partial charge in [-0.1, -0.05) is 104 Å². The number of nitrogens with two attached hydrogens (primary N) is 1. The summed E-state index contributed by atoms with van der Waals surface area (Å²) in [5, 5.41) is 17.8. The number of nitrogen functional groups attached to an aromatic ring is 1. The molecule has 0 saturated carbocycles. The van der Waals surface area contributed by atoms with Crippen LogP contribution < -0.4 is 20.7 Å². The molecule has 5 unspecified atom stereocenters. The number of aliphatic hydroxyl groups is 1. The van der Waals surface area contributed by atoms with E-state index in [4.69, 9.17) is 31.1 Å². The summed E-state index contributed by atoms with van der Waals surface area (Å²) in [6.07, 6.45) is 23.0. The maximum absolute atomic E-state index is 15.5. The van der Waals surface area contributed by atoms with Crippen LogP contribution in [0.5, 0.6) is 5.75 Å². The van der Waals surface area contributed by atoms with E-state index in [2.05, 4.69) is 93.0 Å². The number of carbonyl (C=O) groups is 1. The molecule has 2 aromatic heterocycles. The van der Waals surface area contributed by atoms with Gasteiger partial charge in [0.15, 0.2) is 23.9 Å². The highest BCUT2D eigenvalue weighted by Crippen LogP contribution is 2.47. The first-order valence-corrected chi connectivity index (χ1v) is 21.4. The Balaban J connectivity index is 1.07. The van der Waals surface area contributed by atoms with Crippen molar-refractivity contribution in [2.75, 3.05) is 25.4 Å². The SMILES string of the molecule is CCC=CCC=CCC=CCC=CCC=CCCCC(=O)NCCNP(=O)(OCC1OC(n2cnc3c(N)nc(Cl)nc32)C(F)C1O)Oc1cccc2ccccc12. The average molecular weight is 836 g/mol. The molecule has 1 saturated heterocycles. The first kappa shape index (κ1) is 44.4. The minimum atomic E-state index is -4.20. The molecule has 3 heterocycles. The van der Waals surface area contributed by atoms with E-state index in [0.717, 1.165) is 43.9 Å². The number of allylic oxidation sites excluding steroid dienone is 10.